The standard InChI is InChI=1S/C13H7F3O2/c14-10-3-7(6-17)1-2-9(10)8-4-11(15)13(18)12(16)5-8/h1-6,18H. The summed E-state index contributed by atoms with van der Waals surface area (Å²) in [5, 5.41) is 8.94. The van der Waals surface area contributed by atoms with Crippen LogP contribution >= 0.6 is 0 Å². The van der Waals surface area contributed by atoms with E-state index in [2.05, 4.69) is 0 Å². The average molecular weight is 252 g/mol. The first-order valence-corrected chi connectivity index (χ1v) is 4.96. The zero-order chi connectivity index (χ0) is 13.3. The molecule has 0 amide bonds. The summed E-state index contributed by atoms with van der Waals surface area (Å²) in [6, 6.07) is 5.16. The summed E-state index contributed by atoms with van der Waals surface area (Å²) in [6.07, 6.45) is 0.463. The number of benzene rings is 2. The second-order valence-corrected chi connectivity index (χ2v) is 3.65. The first-order chi connectivity index (χ1) is 8.52. The highest BCUT2D eigenvalue weighted by molar-refractivity contribution is 5.77. The van der Waals surface area contributed by atoms with Gasteiger partial charge in [0.2, 0.25) is 0 Å². The molecule has 0 aliphatic heterocycles. The van der Waals surface area contributed by atoms with Crippen molar-refractivity contribution in [3.63, 3.8) is 0 Å². The van der Waals surface area contributed by atoms with Crippen LogP contribution in [0.15, 0.2) is 30.3 Å². The molecule has 0 saturated heterocycles. The molecule has 5 heteroatoms. The molecule has 2 aromatic rings. The van der Waals surface area contributed by atoms with E-state index in [9.17, 15) is 18.0 Å². The summed E-state index contributed by atoms with van der Waals surface area (Å²) in [5.41, 5.74) is 0.00659. The summed E-state index contributed by atoms with van der Waals surface area (Å²) >= 11 is 0. The molecule has 0 saturated carbocycles. The number of hydrogen-bond acceptors (Lipinski definition) is 2. The first-order valence-electron chi connectivity index (χ1n) is 4.96. The van der Waals surface area contributed by atoms with Gasteiger partial charge in [-0.25, -0.2) is 13.2 Å². The third-order valence-electron chi connectivity index (χ3n) is 2.46. The monoisotopic (exact) mass is 252 g/mol. The Kier molecular flexibility index (Phi) is 3.06. The van der Waals surface area contributed by atoms with Crippen molar-refractivity contribution < 1.29 is 23.1 Å². The minimum Gasteiger partial charge on any atom is -0.503 e. The molecule has 1 N–H and O–H groups in total. The van der Waals surface area contributed by atoms with Gasteiger partial charge in [-0.3, -0.25) is 4.79 Å². The van der Waals surface area contributed by atoms with E-state index in [-0.39, 0.29) is 16.7 Å². The number of halogens is 3. The molecule has 0 aromatic heterocycles. The lowest BCUT2D eigenvalue weighted by Gasteiger charge is -2.06. The number of aromatic hydroxyl groups is 1. The van der Waals surface area contributed by atoms with Crippen molar-refractivity contribution >= 4 is 6.29 Å². The summed E-state index contributed by atoms with van der Waals surface area (Å²) < 4.78 is 39.9. The van der Waals surface area contributed by atoms with Crippen LogP contribution in [0.3, 0.4) is 0 Å². The SMILES string of the molecule is O=Cc1ccc(-c2cc(F)c(O)c(F)c2)c(F)c1. The summed E-state index contributed by atoms with van der Waals surface area (Å²) in [4.78, 5) is 10.4. The number of hydrogen-bond donors (Lipinski definition) is 1. The Bertz CT molecular complexity index is 601. The van der Waals surface area contributed by atoms with Crippen LogP contribution in [0.1, 0.15) is 10.4 Å². The number of rotatable bonds is 2. The quantitative estimate of drug-likeness (QED) is 0.833. The van der Waals surface area contributed by atoms with E-state index in [1.807, 2.05) is 0 Å². The highest BCUT2D eigenvalue weighted by Crippen LogP contribution is 2.29. The normalized spacial score (nSPS) is 10.4. The second kappa shape index (κ2) is 4.52. The van der Waals surface area contributed by atoms with Crippen LogP contribution in [-0.4, -0.2) is 11.4 Å². The highest BCUT2D eigenvalue weighted by Gasteiger charge is 2.13. The Balaban J connectivity index is 2.59. The molecule has 0 radical (unpaired) electrons. The smallest absolute Gasteiger partial charge is 0.187 e. The zero-order valence-electron chi connectivity index (χ0n) is 8.95. The molecule has 2 nitrogen and oxygen atoms in total. The van der Waals surface area contributed by atoms with Gasteiger partial charge in [0.15, 0.2) is 17.4 Å². The maximum atomic E-state index is 13.6. The second-order valence-electron chi connectivity index (χ2n) is 3.65. The van der Waals surface area contributed by atoms with Gasteiger partial charge in [0, 0.05) is 11.1 Å². The van der Waals surface area contributed by atoms with Crippen molar-refractivity contribution in [2.75, 3.05) is 0 Å². The van der Waals surface area contributed by atoms with Crippen LogP contribution in [0.4, 0.5) is 13.2 Å². The van der Waals surface area contributed by atoms with Crippen LogP contribution in [0, 0.1) is 17.5 Å². The zero-order valence-corrected chi connectivity index (χ0v) is 8.95. The molecule has 0 aliphatic rings. The Morgan fingerprint density at radius 2 is 1.56 bits per heavy atom. The van der Waals surface area contributed by atoms with Crippen molar-refractivity contribution in [1.29, 1.82) is 0 Å². The molecule has 2 rings (SSSR count). The molecule has 18 heavy (non-hydrogen) atoms. The molecule has 0 fully saturated rings. The lowest BCUT2D eigenvalue weighted by molar-refractivity contribution is 0.112. The molecular weight excluding hydrogens is 245 g/mol. The van der Waals surface area contributed by atoms with Crippen molar-refractivity contribution in [3.8, 4) is 16.9 Å². The average Bonchev–Trinajstić information content (AvgIpc) is 2.35. The Hall–Kier alpha value is -2.30. The van der Waals surface area contributed by atoms with E-state index < -0.39 is 23.2 Å². The van der Waals surface area contributed by atoms with Crippen molar-refractivity contribution in [1.82, 2.24) is 0 Å². The fourth-order valence-corrected chi connectivity index (χ4v) is 1.56. The van der Waals surface area contributed by atoms with Gasteiger partial charge < -0.3 is 5.11 Å². The molecule has 0 aliphatic carbocycles. The highest BCUT2D eigenvalue weighted by atomic mass is 19.1. The number of aldehydes is 1. The van der Waals surface area contributed by atoms with Gasteiger partial charge in [-0.1, -0.05) is 12.1 Å². The molecule has 0 atom stereocenters. The number of phenols is 1. The molecule has 2 aromatic carbocycles. The fourth-order valence-electron chi connectivity index (χ4n) is 1.56. The number of phenolic OH excluding ortho intramolecular Hbond substituents is 1. The molecular formula is C13H7F3O2. The first kappa shape index (κ1) is 12.2. The van der Waals surface area contributed by atoms with Crippen LogP contribution in [-0.2, 0) is 0 Å². The van der Waals surface area contributed by atoms with E-state index in [1.54, 1.807) is 0 Å². The lowest BCUT2D eigenvalue weighted by Crippen LogP contribution is -1.91. The van der Waals surface area contributed by atoms with E-state index in [4.69, 9.17) is 5.11 Å². The van der Waals surface area contributed by atoms with Gasteiger partial charge in [-0.15, -0.1) is 0 Å². The minimum atomic E-state index is -1.18. The van der Waals surface area contributed by atoms with Gasteiger partial charge in [-0.05, 0) is 23.8 Å². The Labute approximate surface area is 100 Å². The third kappa shape index (κ3) is 2.07. The number of carbonyl (C=O) groups is 1. The Morgan fingerprint density at radius 1 is 0.944 bits per heavy atom. The Morgan fingerprint density at radius 3 is 2.06 bits per heavy atom. The van der Waals surface area contributed by atoms with Crippen LogP contribution in [0.2, 0.25) is 0 Å². The van der Waals surface area contributed by atoms with Crippen molar-refractivity contribution in [2.45, 2.75) is 0 Å². The van der Waals surface area contributed by atoms with Crippen molar-refractivity contribution in [3.05, 3.63) is 53.3 Å². The topological polar surface area (TPSA) is 37.3 Å². The predicted molar refractivity (Wildman–Crippen MR) is 58.8 cm³/mol. The summed E-state index contributed by atoms with van der Waals surface area (Å²) in [7, 11) is 0. The van der Waals surface area contributed by atoms with Gasteiger partial charge in [-0.2, -0.15) is 0 Å². The molecule has 92 valence electrons. The molecule has 0 bridgehead atoms. The summed E-state index contributed by atoms with van der Waals surface area (Å²) in [6.45, 7) is 0. The van der Waals surface area contributed by atoms with Crippen molar-refractivity contribution in [2.24, 2.45) is 0 Å². The predicted octanol–water partition coefficient (Wildman–Crippen LogP) is 3.29. The summed E-state index contributed by atoms with van der Waals surface area (Å²) in [5.74, 6) is -4.24. The molecule has 0 spiro atoms. The van der Waals surface area contributed by atoms with E-state index in [0.717, 1.165) is 18.2 Å². The van der Waals surface area contributed by atoms with Gasteiger partial charge in [0.05, 0.1) is 0 Å². The van der Waals surface area contributed by atoms with Gasteiger partial charge >= 0.3 is 0 Å². The van der Waals surface area contributed by atoms with E-state index >= 15 is 0 Å². The van der Waals surface area contributed by atoms with Crippen LogP contribution in [0.5, 0.6) is 5.75 Å². The fraction of sp³-hybridized carbons (Fsp3) is 0. The maximum absolute atomic E-state index is 13.6. The molecule has 0 heterocycles. The maximum Gasteiger partial charge on any atom is 0.187 e. The molecule has 0 unspecified atom stereocenters. The largest absolute Gasteiger partial charge is 0.503 e. The van der Waals surface area contributed by atoms with Gasteiger partial charge in [0.1, 0.15) is 12.1 Å². The van der Waals surface area contributed by atoms with Gasteiger partial charge in [0.25, 0.3) is 0 Å². The van der Waals surface area contributed by atoms with Crippen LogP contribution in [0.25, 0.3) is 11.1 Å². The number of carbonyl (C=O) groups excluding carboxylic acids is 1. The lowest BCUT2D eigenvalue weighted by atomic mass is 10.0. The van der Waals surface area contributed by atoms with E-state index in [1.165, 1.54) is 12.1 Å². The minimum absolute atomic E-state index is 0.0570. The van der Waals surface area contributed by atoms with Crippen LogP contribution < -0.4 is 0 Å². The van der Waals surface area contributed by atoms with E-state index in [0.29, 0.717) is 6.29 Å². The third-order valence-corrected chi connectivity index (χ3v) is 2.46.